The fraction of sp³-hybridized carbons (Fsp3) is 0.304. The first-order valence-corrected chi connectivity index (χ1v) is 17.0. The highest BCUT2D eigenvalue weighted by molar-refractivity contribution is 8.04. The van der Waals surface area contributed by atoms with Crippen LogP contribution in [0.25, 0.3) is 16.3 Å². The van der Waals surface area contributed by atoms with Gasteiger partial charge >= 0.3 is 0 Å². The van der Waals surface area contributed by atoms with E-state index in [9.17, 15) is 26.2 Å². The number of fused-ring (bicyclic) bond motifs is 2. The maximum absolute atomic E-state index is 12.2. The number of sulfonamides is 1. The molecule has 0 spiro atoms. The molecule has 1 aromatic heterocycles. The van der Waals surface area contributed by atoms with E-state index in [0.717, 1.165) is 37.1 Å². The zero-order valence-corrected chi connectivity index (χ0v) is 25.0. The number of hydrogen-bond donors (Lipinski definition) is 2. The summed E-state index contributed by atoms with van der Waals surface area (Å²) in [4.78, 5) is 15.1. The van der Waals surface area contributed by atoms with Gasteiger partial charge in [0.1, 0.15) is 4.70 Å². The van der Waals surface area contributed by atoms with Gasteiger partial charge in [-0.2, -0.15) is 13.0 Å². The maximum Gasteiger partial charge on any atom is 0.267 e. The monoisotopic (exact) mass is 636 g/mol. The summed E-state index contributed by atoms with van der Waals surface area (Å²) in [5.41, 5.74) is 1.61. The van der Waals surface area contributed by atoms with E-state index in [1.54, 1.807) is 24.3 Å². The third kappa shape index (κ3) is 7.00. The van der Waals surface area contributed by atoms with Gasteiger partial charge in [0.15, 0.2) is 6.54 Å². The van der Waals surface area contributed by atoms with Crippen LogP contribution in [0.5, 0.6) is 0 Å². The van der Waals surface area contributed by atoms with Crippen LogP contribution in [0.1, 0.15) is 24.8 Å². The minimum atomic E-state index is -4.19. The van der Waals surface area contributed by atoms with Crippen molar-refractivity contribution >= 4 is 94.3 Å². The molecule has 2 heterocycles. The highest BCUT2D eigenvalue weighted by atomic mass is 35.5. The van der Waals surface area contributed by atoms with Crippen LogP contribution in [0, 0.1) is 0 Å². The van der Waals surface area contributed by atoms with Crippen LogP contribution in [-0.4, -0.2) is 45.3 Å². The van der Waals surface area contributed by atoms with E-state index in [-0.39, 0.29) is 19.4 Å². The van der Waals surface area contributed by atoms with Gasteiger partial charge in [0.25, 0.3) is 15.1 Å². The van der Waals surface area contributed by atoms with E-state index in [1.165, 1.54) is 30.0 Å². The maximum atomic E-state index is 12.2. The van der Waals surface area contributed by atoms with Crippen molar-refractivity contribution in [1.82, 2.24) is 4.72 Å². The number of benzene rings is 2. The molecular formula is C23H24Cl2N3O6S4+. The number of anilines is 1. The first kappa shape index (κ1) is 29.1. The van der Waals surface area contributed by atoms with Crippen LogP contribution in [-0.2, 0) is 31.5 Å². The van der Waals surface area contributed by atoms with Gasteiger partial charge in [-0.05, 0) is 37.3 Å². The van der Waals surface area contributed by atoms with Crippen LogP contribution in [0.3, 0.4) is 0 Å². The lowest BCUT2D eigenvalue weighted by Crippen LogP contribution is -2.38. The Morgan fingerprint density at radius 2 is 1.84 bits per heavy atom. The summed E-state index contributed by atoms with van der Waals surface area (Å²) >= 11 is 15.5. The number of nitrogens with zero attached hydrogens (tertiary/aromatic N) is 2. The summed E-state index contributed by atoms with van der Waals surface area (Å²) in [7, 11) is -7.87. The molecule has 9 nitrogen and oxygen atoms in total. The second-order valence-corrected chi connectivity index (χ2v) is 15.3. The Balaban J connectivity index is 1.73. The second kappa shape index (κ2) is 11.3. The Kier molecular flexibility index (Phi) is 8.67. The van der Waals surface area contributed by atoms with Crippen molar-refractivity contribution in [3.05, 3.63) is 56.5 Å². The number of carbonyl (C=O) groups excluding carboxylic acids is 1. The summed E-state index contributed by atoms with van der Waals surface area (Å²) in [5, 5.41) is 1.67. The van der Waals surface area contributed by atoms with E-state index in [2.05, 4.69) is 0 Å². The quantitative estimate of drug-likeness (QED) is 0.259. The predicted molar refractivity (Wildman–Crippen MR) is 153 cm³/mol. The average molecular weight is 638 g/mol. The minimum Gasteiger partial charge on any atom is -0.334 e. The molecule has 2 aromatic carbocycles. The number of halogens is 2. The molecular weight excluding hydrogens is 613 g/mol. The van der Waals surface area contributed by atoms with Crippen molar-refractivity contribution in [2.24, 2.45) is 0 Å². The van der Waals surface area contributed by atoms with Gasteiger partial charge in [-0.1, -0.05) is 46.3 Å². The van der Waals surface area contributed by atoms with Crippen LogP contribution in [0.2, 0.25) is 10.0 Å². The van der Waals surface area contributed by atoms with Crippen molar-refractivity contribution < 1.29 is 30.7 Å². The average Bonchev–Trinajstić information content (AvgIpc) is 3.30. The molecule has 1 amide bonds. The third-order valence-corrected chi connectivity index (χ3v) is 10.3. The molecule has 15 heteroatoms. The van der Waals surface area contributed by atoms with Gasteiger partial charge in [-0.25, -0.2) is 8.42 Å². The number of nitrogens with one attached hydrogen (secondary N) is 1. The topological polar surface area (TPSA) is 125 Å². The van der Waals surface area contributed by atoms with Crippen molar-refractivity contribution in [3.63, 3.8) is 0 Å². The van der Waals surface area contributed by atoms with Crippen molar-refractivity contribution in [3.8, 4) is 0 Å². The minimum absolute atomic E-state index is 0.0786. The molecule has 2 N–H and O–H groups in total. The molecule has 1 unspecified atom stereocenters. The third-order valence-electron chi connectivity index (χ3n) is 5.76. The van der Waals surface area contributed by atoms with Crippen molar-refractivity contribution in [2.45, 2.75) is 36.5 Å². The molecule has 0 aliphatic carbocycles. The summed E-state index contributed by atoms with van der Waals surface area (Å²) in [6.07, 6.45) is 2.96. The second-order valence-electron chi connectivity index (χ2n) is 8.71. The van der Waals surface area contributed by atoms with Gasteiger partial charge in [0.2, 0.25) is 21.4 Å². The SMILES string of the molecule is CC(CC[n+]1c(C=C2Sc3ccc(Cl)cc3N2CCC(=O)NS(C)(=O)=O)sc2ccc(Cl)cc21)S(=O)(=O)O. The molecule has 0 fully saturated rings. The number of carbonyl (C=O) groups is 1. The Hall–Kier alpha value is -1.87. The zero-order valence-electron chi connectivity index (χ0n) is 20.2. The number of rotatable bonds is 9. The Labute approximate surface area is 239 Å². The van der Waals surface area contributed by atoms with Crippen LogP contribution in [0.4, 0.5) is 5.69 Å². The van der Waals surface area contributed by atoms with Gasteiger partial charge in [-0.3, -0.25) is 14.1 Å². The molecule has 0 saturated heterocycles. The first-order valence-electron chi connectivity index (χ1n) is 11.3. The molecule has 4 rings (SSSR count). The van der Waals surface area contributed by atoms with E-state index in [1.807, 2.05) is 32.4 Å². The smallest absolute Gasteiger partial charge is 0.267 e. The fourth-order valence-electron chi connectivity index (χ4n) is 3.86. The lowest BCUT2D eigenvalue weighted by molar-refractivity contribution is -0.669. The standard InChI is InChI=1S/C23H23Cl2N3O6S4/c1-14(38(32,33)34)7-9-27-17-11-15(24)3-5-19(17)35-22(27)13-23-28(10-8-21(29)26-37(2,30)31)18-12-16(25)4-6-20(18)36-23/h3-6,11-14H,7-10H2,1-2H3,(H-,26,29,32,33,34)/p+1. The highest BCUT2D eigenvalue weighted by Crippen LogP contribution is 2.48. The van der Waals surface area contributed by atoms with Crippen LogP contribution in [0.15, 0.2) is 46.3 Å². The number of thioether (sulfide) groups is 1. The summed E-state index contributed by atoms with van der Waals surface area (Å²) in [6, 6.07) is 10.9. The lowest BCUT2D eigenvalue weighted by atomic mass is 10.2. The van der Waals surface area contributed by atoms with E-state index in [4.69, 9.17) is 23.2 Å². The molecule has 1 aliphatic rings. The number of amides is 1. The molecule has 1 atom stereocenters. The number of hydrogen-bond acceptors (Lipinski definition) is 8. The number of aryl methyl sites for hydroxylation is 1. The summed E-state index contributed by atoms with van der Waals surface area (Å²) in [6.45, 7) is 1.96. The first-order chi connectivity index (χ1) is 17.7. The molecule has 1 aliphatic heterocycles. The van der Waals surface area contributed by atoms with E-state index >= 15 is 0 Å². The number of aromatic nitrogens is 1. The molecule has 204 valence electrons. The van der Waals surface area contributed by atoms with Gasteiger partial charge in [0.05, 0.1) is 28.3 Å². The molecule has 38 heavy (non-hydrogen) atoms. The van der Waals surface area contributed by atoms with Crippen molar-refractivity contribution in [2.75, 3.05) is 17.7 Å². The van der Waals surface area contributed by atoms with Gasteiger partial charge < -0.3 is 4.90 Å². The van der Waals surface area contributed by atoms with Crippen molar-refractivity contribution in [1.29, 1.82) is 0 Å². The fourth-order valence-corrected chi connectivity index (χ4v) is 7.40. The van der Waals surface area contributed by atoms with Crippen LogP contribution < -0.4 is 14.2 Å². The zero-order chi connectivity index (χ0) is 27.8. The number of thiazole rings is 1. The molecule has 3 aromatic rings. The van der Waals surface area contributed by atoms with Gasteiger partial charge in [0, 0.05) is 40.4 Å². The Morgan fingerprint density at radius 3 is 2.53 bits per heavy atom. The normalized spacial score (nSPS) is 15.7. The van der Waals surface area contributed by atoms with Crippen LogP contribution >= 0.6 is 46.3 Å². The highest BCUT2D eigenvalue weighted by Gasteiger charge is 2.30. The predicted octanol–water partition coefficient (Wildman–Crippen LogP) is 4.54. The van der Waals surface area contributed by atoms with E-state index in [0.29, 0.717) is 16.6 Å². The summed E-state index contributed by atoms with van der Waals surface area (Å²) in [5.74, 6) is -0.627. The molecule has 0 bridgehead atoms. The Bertz CT molecular complexity index is 1650. The van der Waals surface area contributed by atoms with Gasteiger partial charge in [-0.15, -0.1) is 0 Å². The Morgan fingerprint density at radius 1 is 1.16 bits per heavy atom. The summed E-state index contributed by atoms with van der Waals surface area (Å²) < 4.78 is 60.5. The van der Waals surface area contributed by atoms with E-state index < -0.39 is 31.3 Å². The lowest BCUT2D eigenvalue weighted by Gasteiger charge is -2.20. The molecule has 0 saturated carbocycles. The molecule has 0 radical (unpaired) electrons. The largest absolute Gasteiger partial charge is 0.334 e.